The number of rotatable bonds is 3. The molecule has 0 amide bonds. The number of nitrogens with two attached hydrogens (primary N) is 1. The van der Waals surface area contributed by atoms with Crippen molar-refractivity contribution in [1.82, 2.24) is 10.7 Å². The van der Waals surface area contributed by atoms with E-state index >= 15 is 0 Å². The van der Waals surface area contributed by atoms with E-state index < -0.39 is 0 Å². The van der Waals surface area contributed by atoms with Crippen LogP contribution >= 0.6 is 0 Å². The Morgan fingerprint density at radius 1 is 1.56 bits per heavy atom. The molecule has 0 aliphatic carbocycles. The van der Waals surface area contributed by atoms with Gasteiger partial charge in [0.15, 0.2) is 0 Å². The average molecular weight is 228 g/mol. The van der Waals surface area contributed by atoms with Crippen LogP contribution in [0.3, 0.4) is 0 Å². The molecule has 1 aliphatic heterocycles. The zero-order valence-corrected chi connectivity index (χ0v) is 10.5. The minimum atomic E-state index is -0.0551. The molecule has 4 N–H and O–H groups in total. The number of nitrogens with zero attached hydrogens (tertiary/aromatic N) is 1. The fraction of sp³-hybridized carbons (Fsp3) is 0.909. The summed E-state index contributed by atoms with van der Waals surface area (Å²) in [5, 5.41) is 3.33. The van der Waals surface area contributed by atoms with Crippen LogP contribution in [-0.2, 0) is 4.74 Å². The SMILES string of the molecule is CC(C)CN=C(NN)NC1(C)CCCOC1. The molecule has 0 aromatic carbocycles. The van der Waals surface area contributed by atoms with Crippen molar-refractivity contribution < 1.29 is 4.74 Å². The van der Waals surface area contributed by atoms with Crippen molar-refractivity contribution in [3.05, 3.63) is 0 Å². The molecule has 1 aliphatic rings. The number of hydrogen-bond acceptors (Lipinski definition) is 3. The molecule has 1 fully saturated rings. The van der Waals surface area contributed by atoms with Gasteiger partial charge in [0.2, 0.25) is 5.96 Å². The van der Waals surface area contributed by atoms with E-state index in [4.69, 9.17) is 10.6 Å². The number of aliphatic imine (C=N–C) groups is 1. The Kier molecular flexibility index (Phi) is 5.02. The van der Waals surface area contributed by atoms with Crippen molar-refractivity contribution in [1.29, 1.82) is 0 Å². The number of nitrogens with one attached hydrogen (secondary N) is 2. The first-order valence-electron chi connectivity index (χ1n) is 5.93. The van der Waals surface area contributed by atoms with E-state index in [0.717, 1.165) is 26.0 Å². The molecular formula is C11H24N4O. The van der Waals surface area contributed by atoms with Crippen LogP contribution in [0.1, 0.15) is 33.6 Å². The lowest BCUT2D eigenvalue weighted by molar-refractivity contribution is 0.0366. The van der Waals surface area contributed by atoms with E-state index in [1.165, 1.54) is 0 Å². The Labute approximate surface area is 97.8 Å². The van der Waals surface area contributed by atoms with Crippen molar-refractivity contribution in [2.75, 3.05) is 19.8 Å². The first-order valence-corrected chi connectivity index (χ1v) is 5.93. The Bertz CT molecular complexity index is 234. The highest BCUT2D eigenvalue weighted by Gasteiger charge is 2.28. The van der Waals surface area contributed by atoms with Crippen LogP contribution < -0.4 is 16.6 Å². The molecule has 0 spiro atoms. The molecule has 1 rings (SSSR count). The topological polar surface area (TPSA) is 71.7 Å². The quantitative estimate of drug-likeness (QED) is 0.287. The normalized spacial score (nSPS) is 26.9. The molecule has 94 valence electrons. The van der Waals surface area contributed by atoms with Gasteiger partial charge >= 0.3 is 0 Å². The van der Waals surface area contributed by atoms with Gasteiger partial charge in [-0.1, -0.05) is 13.8 Å². The second-order valence-electron chi connectivity index (χ2n) is 5.07. The molecule has 1 atom stereocenters. The fourth-order valence-corrected chi connectivity index (χ4v) is 1.71. The molecular weight excluding hydrogens is 204 g/mol. The maximum atomic E-state index is 5.47. The molecule has 5 nitrogen and oxygen atoms in total. The molecule has 1 saturated heterocycles. The summed E-state index contributed by atoms with van der Waals surface area (Å²) in [5.74, 6) is 6.63. The molecule has 0 saturated carbocycles. The van der Waals surface area contributed by atoms with Crippen molar-refractivity contribution in [2.45, 2.75) is 39.2 Å². The highest BCUT2D eigenvalue weighted by molar-refractivity contribution is 5.80. The molecule has 0 aromatic heterocycles. The van der Waals surface area contributed by atoms with Gasteiger partial charge in [0.05, 0.1) is 12.1 Å². The maximum Gasteiger partial charge on any atom is 0.206 e. The first kappa shape index (κ1) is 13.3. The Morgan fingerprint density at radius 3 is 2.81 bits per heavy atom. The lowest BCUT2D eigenvalue weighted by Gasteiger charge is -2.35. The first-order chi connectivity index (χ1) is 7.56. The molecule has 0 radical (unpaired) electrons. The summed E-state index contributed by atoms with van der Waals surface area (Å²) in [6.07, 6.45) is 2.15. The highest BCUT2D eigenvalue weighted by Crippen LogP contribution is 2.17. The van der Waals surface area contributed by atoms with Crippen LogP contribution in [0.2, 0.25) is 0 Å². The van der Waals surface area contributed by atoms with Crippen molar-refractivity contribution in [3.63, 3.8) is 0 Å². The summed E-state index contributed by atoms with van der Waals surface area (Å²) in [5.41, 5.74) is 2.56. The van der Waals surface area contributed by atoms with E-state index in [2.05, 4.69) is 36.5 Å². The molecule has 5 heteroatoms. The van der Waals surface area contributed by atoms with Crippen LogP contribution in [0.4, 0.5) is 0 Å². The van der Waals surface area contributed by atoms with Gasteiger partial charge in [0, 0.05) is 13.2 Å². The van der Waals surface area contributed by atoms with Gasteiger partial charge in [0.25, 0.3) is 0 Å². The zero-order chi connectivity index (χ0) is 12.0. The van der Waals surface area contributed by atoms with Crippen molar-refractivity contribution in [2.24, 2.45) is 16.8 Å². The summed E-state index contributed by atoms with van der Waals surface area (Å²) >= 11 is 0. The maximum absolute atomic E-state index is 5.47. The molecule has 0 aromatic rings. The monoisotopic (exact) mass is 228 g/mol. The van der Waals surface area contributed by atoms with E-state index in [9.17, 15) is 0 Å². The number of hydrazine groups is 1. The van der Waals surface area contributed by atoms with E-state index in [0.29, 0.717) is 18.5 Å². The third-order valence-electron chi connectivity index (χ3n) is 2.61. The fourth-order valence-electron chi connectivity index (χ4n) is 1.71. The summed E-state index contributed by atoms with van der Waals surface area (Å²) in [6, 6.07) is 0. The minimum Gasteiger partial charge on any atom is -0.379 e. The van der Waals surface area contributed by atoms with Gasteiger partial charge in [0.1, 0.15) is 0 Å². The minimum absolute atomic E-state index is 0.0551. The standard InChI is InChI=1S/C11H24N4O/c1-9(2)7-13-10(15-12)14-11(3)5-4-6-16-8-11/h9H,4-8,12H2,1-3H3,(H2,13,14,15). The largest absolute Gasteiger partial charge is 0.379 e. The van der Waals surface area contributed by atoms with Gasteiger partial charge in [-0.2, -0.15) is 0 Å². The van der Waals surface area contributed by atoms with Crippen LogP contribution in [0.15, 0.2) is 4.99 Å². The van der Waals surface area contributed by atoms with Crippen LogP contribution in [-0.4, -0.2) is 31.3 Å². The predicted molar refractivity (Wildman–Crippen MR) is 66.1 cm³/mol. The van der Waals surface area contributed by atoms with E-state index in [1.54, 1.807) is 0 Å². The summed E-state index contributed by atoms with van der Waals surface area (Å²) in [6.45, 7) is 8.71. The predicted octanol–water partition coefficient (Wildman–Crippen LogP) is 0.620. The van der Waals surface area contributed by atoms with Crippen molar-refractivity contribution >= 4 is 5.96 Å². The lowest BCUT2D eigenvalue weighted by atomic mass is 9.95. The van der Waals surface area contributed by atoms with Gasteiger partial charge in [-0.25, -0.2) is 5.84 Å². The van der Waals surface area contributed by atoms with Crippen LogP contribution in [0.25, 0.3) is 0 Å². The summed E-state index contributed by atoms with van der Waals surface area (Å²) in [4.78, 5) is 4.39. The smallest absolute Gasteiger partial charge is 0.206 e. The lowest BCUT2D eigenvalue weighted by Crippen LogP contribution is -2.56. The summed E-state index contributed by atoms with van der Waals surface area (Å²) < 4.78 is 5.47. The number of ether oxygens (including phenoxy) is 1. The van der Waals surface area contributed by atoms with Crippen LogP contribution in [0.5, 0.6) is 0 Å². The Balaban J connectivity index is 2.50. The average Bonchev–Trinajstić information content (AvgIpc) is 2.25. The van der Waals surface area contributed by atoms with E-state index in [-0.39, 0.29) is 5.54 Å². The van der Waals surface area contributed by atoms with Crippen LogP contribution in [0, 0.1) is 5.92 Å². The third-order valence-corrected chi connectivity index (χ3v) is 2.61. The zero-order valence-electron chi connectivity index (χ0n) is 10.5. The van der Waals surface area contributed by atoms with Gasteiger partial charge in [-0.05, 0) is 25.7 Å². The third kappa shape index (κ3) is 4.37. The molecule has 0 bridgehead atoms. The molecule has 16 heavy (non-hydrogen) atoms. The van der Waals surface area contributed by atoms with Gasteiger partial charge in [-0.15, -0.1) is 0 Å². The number of hydrogen-bond donors (Lipinski definition) is 3. The number of guanidine groups is 1. The van der Waals surface area contributed by atoms with E-state index in [1.807, 2.05) is 0 Å². The van der Waals surface area contributed by atoms with Gasteiger partial charge in [-0.3, -0.25) is 10.4 Å². The second-order valence-corrected chi connectivity index (χ2v) is 5.07. The molecule has 1 unspecified atom stereocenters. The Morgan fingerprint density at radius 2 is 2.31 bits per heavy atom. The van der Waals surface area contributed by atoms with Crippen molar-refractivity contribution in [3.8, 4) is 0 Å². The van der Waals surface area contributed by atoms with Gasteiger partial charge < -0.3 is 10.1 Å². The Hall–Kier alpha value is -0.810. The summed E-state index contributed by atoms with van der Waals surface area (Å²) in [7, 11) is 0. The second kappa shape index (κ2) is 6.06. The highest BCUT2D eigenvalue weighted by atomic mass is 16.5. The molecule has 1 heterocycles.